The Labute approximate surface area is 140 Å². The van der Waals surface area contributed by atoms with Gasteiger partial charge in [-0.1, -0.05) is 8.64 Å². The van der Waals surface area contributed by atoms with Crippen molar-refractivity contribution in [2.24, 2.45) is 0 Å². The predicted octanol–water partition coefficient (Wildman–Crippen LogP) is 2.31. The molecule has 7 heteroatoms. The molecule has 0 aliphatic rings. The predicted molar refractivity (Wildman–Crippen MR) is 85.7 cm³/mol. The Balaban J connectivity index is -0.000000218. The molecule has 0 unspecified atom stereocenters. The normalized spacial score (nSPS) is 8.94. The number of nitrogens with zero attached hydrogens (tertiary/aromatic N) is 2. The van der Waals surface area contributed by atoms with Gasteiger partial charge in [-0.2, -0.15) is 0 Å². The third-order valence-corrected chi connectivity index (χ3v) is 3.28. The monoisotopic (exact) mass is 360 g/mol. The van der Waals surface area contributed by atoms with Crippen LogP contribution in [-0.4, -0.2) is 44.6 Å². The fraction of sp³-hybridized carbons (Fsp3) is 0.800. The van der Waals surface area contributed by atoms with Crippen molar-refractivity contribution in [1.82, 2.24) is 9.80 Å². The van der Waals surface area contributed by atoms with E-state index in [4.69, 9.17) is 49.7 Å². The first-order valence-electron chi connectivity index (χ1n) is 4.98. The molecule has 2 nitrogen and oxygen atoms in total. The summed E-state index contributed by atoms with van der Waals surface area (Å²) in [5.74, 6) is 0. The smallest absolute Gasteiger partial charge is 0.411 e. The van der Waals surface area contributed by atoms with Crippen LogP contribution in [0, 0.1) is 0 Å². The molecule has 0 aromatic rings. The van der Waals surface area contributed by atoms with Crippen molar-refractivity contribution in [3.8, 4) is 0 Å². The maximum atomic E-state index is 4.74. The van der Waals surface area contributed by atoms with Crippen LogP contribution in [0.4, 0.5) is 0 Å². The summed E-state index contributed by atoms with van der Waals surface area (Å²) >= 11 is 18.9. The molecule has 0 fully saturated rings. The van der Waals surface area contributed by atoms with Crippen LogP contribution in [0.5, 0.6) is 0 Å². The van der Waals surface area contributed by atoms with Gasteiger partial charge in [-0.3, -0.25) is 0 Å². The Morgan fingerprint density at radius 1 is 0.824 bits per heavy atom. The van der Waals surface area contributed by atoms with Gasteiger partial charge in [-0.05, 0) is 27.7 Å². The molecule has 0 bridgehead atoms. The second-order valence-corrected chi connectivity index (χ2v) is 6.00. The molecule has 0 saturated heterocycles. The minimum Gasteiger partial charge on any atom is -0.411 e. The minimum atomic E-state index is 0. The molecule has 0 aliphatic carbocycles. The Bertz CT molecular complexity index is 210. The van der Waals surface area contributed by atoms with Crippen LogP contribution >= 0.6 is 24.4 Å². The second kappa shape index (κ2) is 11.9. The summed E-state index contributed by atoms with van der Waals surface area (Å²) in [5.41, 5.74) is 0. The number of thiocarbonyl (C=S) groups is 2. The van der Waals surface area contributed by atoms with Crippen molar-refractivity contribution in [2.75, 3.05) is 14.1 Å². The van der Waals surface area contributed by atoms with E-state index in [-0.39, 0.29) is 19.5 Å². The number of hydrogen-bond donors (Lipinski definition) is 0. The van der Waals surface area contributed by atoms with E-state index >= 15 is 0 Å². The Morgan fingerprint density at radius 2 is 1.00 bits per heavy atom. The standard InChI is InChI=1S/2C5H11NS2.Zn/c2*1-4(2)6(3)5(7)8;/h2*4H,1-3H3,(H,7,8);/q;;+2/p-2. The van der Waals surface area contributed by atoms with E-state index in [0.29, 0.717) is 20.7 Å². The first-order valence-corrected chi connectivity index (χ1v) is 6.62. The van der Waals surface area contributed by atoms with Crippen LogP contribution < -0.4 is 0 Å². The van der Waals surface area contributed by atoms with E-state index in [1.165, 1.54) is 0 Å². The van der Waals surface area contributed by atoms with Gasteiger partial charge in [0.25, 0.3) is 0 Å². The molecule has 96 valence electrons. The average molecular weight is 362 g/mol. The van der Waals surface area contributed by atoms with Gasteiger partial charge in [0.2, 0.25) is 0 Å². The summed E-state index contributed by atoms with van der Waals surface area (Å²) in [6.07, 6.45) is 0. The minimum absolute atomic E-state index is 0. The van der Waals surface area contributed by atoms with Gasteiger partial charge in [0, 0.05) is 26.2 Å². The molecule has 0 aromatic heterocycles. The molecule has 0 saturated carbocycles. The van der Waals surface area contributed by atoms with Gasteiger partial charge in [0.15, 0.2) is 0 Å². The molecule has 0 rings (SSSR count). The van der Waals surface area contributed by atoms with E-state index in [9.17, 15) is 0 Å². The molecule has 0 aromatic carbocycles. The van der Waals surface area contributed by atoms with Crippen molar-refractivity contribution in [1.29, 1.82) is 0 Å². The van der Waals surface area contributed by atoms with Gasteiger partial charge in [0.05, 0.1) is 0 Å². The van der Waals surface area contributed by atoms with Crippen LogP contribution in [-0.2, 0) is 44.7 Å². The van der Waals surface area contributed by atoms with Crippen molar-refractivity contribution in [3.05, 3.63) is 0 Å². The fourth-order valence-corrected chi connectivity index (χ4v) is 1.26. The fourth-order valence-electron chi connectivity index (χ4n) is 0.422. The summed E-state index contributed by atoms with van der Waals surface area (Å²) in [7, 11) is 3.81. The first-order chi connectivity index (χ1) is 7.11. The molecule has 17 heavy (non-hydrogen) atoms. The summed E-state index contributed by atoms with van der Waals surface area (Å²) in [6, 6.07) is 0.861. The van der Waals surface area contributed by atoms with Gasteiger partial charge in [0.1, 0.15) is 0 Å². The van der Waals surface area contributed by atoms with Gasteiger partial charge in [-0.15, -0.1) is 0 Å². The van der Waals surface area contributed by atoms with Crippen molar-refractivity contribution in [3.63, 3.8) is 0 Å². The third kappa shape index (κ3) is 13.1. The van der Waals surface area contributed by atoms with Gasteiger partial charge < -0.3 is 59.5 Å². The number of rotatable bonds is 2. The number of hydrogen-bond acceptors (Lipinski definition) is 4. The largest absolute Gasteiger partial charge is 2.00 e. The summed E-state index contributed by atoms with van der Waals surface area (Å²) in [5, 5.41) is 0. The zero-order chi connectivity index (χ0) is 13.5. The van der Waals surface area contributed by atoms with Crippen LogP contribution in [0.3, 0.4) is 0 Å². The average Bonchev–Trinajstić information content (AvgIpc) is 2.15. The van der Waals surface area contributed by atoms with E-state index in [1.54, 1.807) is 0 Å². The maximum Gasteiger partial charge on any atom is 2.00 e. The second-order valence-electron chi connectivity index (χ2n) is 3.94. The van der Waals surface area contributed by atoms with E-state index in [2.05, 4.69) is 27.7 Å². The molecule has 0 atom stereocenters. The Kier molecular flexibility index (Phi) is 16.1. The van der Waals surface area contributed by atoms with Crippen LogP contribution in [0.2, 0.25) is 0 Å². The molecule has 0 aliphatic heterocycles. The summed E-state index contributed by atoms with van der Waals surface area (Å²) in [6.45, 7) is 8.22. The topological polar surface area (TPSA) is 6.48 Å². The SMILES string of the molecule is CC(C)N(C)C(=S)[S-].CC(C)N(C)C(=S)[S-].[Zn+2]. The Morgan fingerprint density at radius 3 is 1.00 bits per heavy atom. The van der Waals surface area contributed by atoms with E-state index < -0.39 is 0 Å². The zero-order valence-electron chi connectivity index (χ0n) is 11.4. The van der Waals surface area contributed by atoms with Crippen molar-refractivity contribution < 1.29 is 19.5 Å². The maximum absolute atomic E-state index is 4.74. The molecule has 0 amide bonds. The molecular weight excluding hydrogens is 342 g/mol. The summed E-state index contributed by atoms with van der Waals surface area (Å²) < 4.78 is 1.08. The Hall–Kier alpha value is 0.843. The molecular formula is C10H20N2S4Zn. The molecule has 0 spiro atoms. The third-order valence-electron chi connectivity index (χ3n) is 2.13. The van der Waals surface area contributed by atoms with Gasteiger partial charge >= 0.3 is 19.5 Å². The van der Waals surface area contributed by atoms with E-state index in [0.717, 1.165) is 0 Å². The zero-order valence-corrected chi connectivity index (χ0v) is 17.6. The first kappa shape index (κ1) is 23.0. The van der Waals surface area contributed by atoms with Crippen molar-refractivity contribution in [2.45, 2.75) is 39.8 Å². The summed E-state index contributed by atoms with van der Waals surface area (Å²) in [4.78, 5) is 3.76. The van der Waals surface area contributed by atoms with Crippen molar-refractivity contribution >= 4 is 58.3 Å². The quantitative estimate of drug-likeness (QED) is 0.420. The molecule has 0 radical (unpaired) electrons. The molecule has 0 N–H and O–H groups in total. The molecule has 0 heterocycles. The van der Waals surface area contributed by atoms with Crippen LogP contribution in [0.25, 0.3) is 0 Å². The van der Waals surface area contributed by atoms with Crippen LogP contribution in [0.15, 0.2) is 0 Å². The van der Waals surface area contributed by atoms with Crippen LogP contribution in [0.1, 0.15) is 27.7 Å². The van der Waals surface area contributed by atoms with Gasteiger partial charge in [-0.25, -0.2) is 0 Å². The van der Waals surface area contributed by atoms with E-state index in [1.807, 2.05) is 23.9 Å².